The fourth-order valence-electron chi connectivity index (χ4n) is 12.0. The van der Waals surface area contributed by atoms with Crippen molar-refractivity contribution in [2.75, 3.05) is 13.2 Å². The summed E-state index contributed by atoms with van der Waals surface area (Å²) in [6, 6.07) is 0. The standard InChI is InChI=1S/C30H50O3/c1-25(2)21-10-13-28(5)22(26(21,3)12-11-23(25)32)8-7-19-24-20(29(6)18-33-29)9-14-30(24,17-31)16-15-27(19,28)4/h19-24,31-32H,7-18H2,1-6H3/t19-,20-,21+,22-,23+,24+,26+,27-,28-,29+,30-/m1/s1. The maximum Gasteiger partial charge on any atom is 0.0919 e. The SMILES string of the molecule is CC1(C)[C@@H](O)CC[C@]2(C)[C@H]3CC[C@@H]4[C@H]5[C@H]([C@]6(C)CO6)CC[C@]5(CO)CC[C@@]4(C)[C@]3(C)CC[C@@H]12. The van der Waals surface area contributed by atoms with Crippen LogP contribution in [0.4, 0.5) is 0 Å². The molecule has 33 heavy (non-hydrogen) atoms. The van der Waals surface area contributed by atoms with Crippen LogP contribution in [-0.4, -0.2) is 35.1 Å². The van der Waals surface area contributed by atoms with Crippen LogP contribution >= 0.6 is 0 Å². The summed E-state index contributed by atoms with van der Waals surface area (Å²) in [6.07, 6.45) is 12.2. The highest BCUT2D eigenvalue weighted by atomic mass is 16.6. The molecular weight excluding hydrogens is 408 g/mol. The molecule has 0 spiro atoms. The van der Waals surface area contributed by atoms with Crippen molar-refractivity contribution in [2.24, 2.45) is 56.7 Å². The Labute approximate surface area is 202 Å². The zero-order valence-corrected chi connectivity index (χ0v) is 22.3. The minimum absolute atomic E-state index is 0.0269. The Balaban J connectivity index is 1.39. The number of epoxide rings is 1. The number of aliphatic hydroxyl groups excluding tert-OH is 2. The van der Waals surface area contributed by atoms with E-state index in [2.05, 4.69) is 41.5 Å². The number of rotatable bonds is 2. The van der Waals surface area contributed by atoms with E-state index in [1.165, 1.54) is 57.8 Å². The van der Waals surface area contributed by atoms with Gasteiger partial charge in [-0.15, -0.1) is 0 Å². The largest absolute Gasteiger partial charge is 0.396 e. The van der Waals surface area contributed by atoms with Gasteiger partial charge >= 0.3 is 0 Å². The van der Waals surface area contributed by atoms with Gasteiger partial charge in [-0.05, 0) is 128 Å². The van der Waals surface area contributed by atoms with Crippen LogP contribution in [0, 0.1) is 56.7 Å². The maximum absolute atomic E-state index is 10.9. The molecule has 0 unspecified atom stereocenters. The number of fused-ring (bicyclic) bond motifs is 7. The molecule has 6 rings (SSSR count). The molecule has 3 heteroatoms. The number of hydrogen-bond acceptors (Lipinski definition) is 3. The molecule has 6 aliphatic rings. The van der Waals surface area contributed by atoms with Gasteiger partial charge in [0, 0.05) is 6.61 Å². The molecule has 188 valence electrons. The Morgan fingerprint density at radius 3 is 2.12 bits per heavy atom. The van der Waals surface area contributed by atoms with Crippen LogP contribution in [0.1, 0.15) is 106 Å². The highest BCUT2D eigenvalue weighted by Gasteiger charge is 2.72. The lowest BCUT2D eigenvalue weighted by Crippen LogP contribution is -2.67. The van der Waals surface area contributed by atoms with Gasteiger partial charge in [0.1, 0.15) is 0 Å². The summed E-state index contributed by atoms with van der Waals surface area (Å²) in [5.41, 5.74) is 1.30. The average molecular weight is 459 g/mol. The second-order valence-electron chi connectivity index (χ2n) is 15.3. The molecule has 3 nitrogen and oxygen atoms in total. The summed E-state index contributed by atoms with van der Waals surface area (Å²) >= 11 is 0. The first-order valence-electron chi connectivity index (χ1n) is 14.3. The van der Waals surface area contributed by atoms with Gasteiger partial charge in [0.15, 0.2) is 0 Å². The van der Waals surface area contributed by atoms with Crippen molar-refractivity contribution in [1.29, 1.82) is 0 Å². The second-order valence-corrected chi connectivity index (χ2v) is 15.3. The van der Waals surface area contributed by atoms with Crippen molar-refractivity contribution in [1.82, 2.24) is 0 Å². The van der Waals surface area contributed by atoms with Crippen LogP contribution < -0.4 is 0 Å². The Morgan fingerprint density at radius 1 is 0.727 bits per heavy atom. The molecule has 2 N–H and O–H groups in total. The first kappa shape index (κ1) is 23.3. The van der Waals surface area contributed by atoms with Crippen molar-refractivity contribution in [3.8, 4) is 0 Å². The Morgan fingerprint density at radius 2 is 1.45 bits per heavy atom. The van der Waals surface area contributed by atoms with Gasteiger partial charge in [-0.2, -0.15) is 0 Å². The molecule has 0 aromatic rings. The third-order valence-corrected chi connectivity index (χ3v) is 14.3. The number of aliphatic hydroxyl groups is 2. The van der Waals surface area contributed by atoms with Gasteiger partial charge < -0.3 is 14.9 Å². The van der Waals surface area contributed by atoms with Gasteiger partial charge in [0.25, 0.3) is 0 Å². The third-order valence-electron chi connectivity index (χ3n) is 14.3. The fourth-order valence-corrected chi connectivity index (χ4v) is 12.0. The van der Waals surface area contributed by atoms with Crippen LogP contribution in [0.25, 0.3) is 0 Å². The molecule has 1 saturated heterocycles. The van der Waals surface area contributed by atoms with Crippen molar-refractivity contribution < 1.29 is 14.9 Å². The van der Waals surface area contributed by atoms with Gasteiger partial charge in [-0.1, -0.05) is 34.6 Å². The van der Waals surface area contributed by atoms with E-state index < -0.39 is 0 Å². The maximum atomic E-state index is 10.9. The highest BCUT2D eigenvalue weighted by molar-refractivity contribution is 5.21. The molecule has 0 bridgehead atoms. The van der Waals surface area contributed by atoms with Crippen LogP contribution in [0.15, 0.2) is 0 Å². The molecule has 0 aromatic heterocycles. The summed E-state index contributed by atoms with van der Waals surface area (Å²) in [7, 11) is 0. The zero-order chi connectivity index (χ0) is 23.7. The Kier molecular flexibility index (Phi) is 4.80. The van der Waals surface area contributed by atoms with Crippen molar-refractivity contribution in [2.45, 2.75) is 117 Å². The minimum atomic E-state index is -0.148. The lowest BCUT2D eigenvalue weighted by molar-refractivity contribution is -0.251. The molecule has 6 fully saturated rings. The fraction of sp³-hybridized carbons (Fsp3) is 1.00. The third kappa shape index (κ3) is 2.69. The molecule has 0 amide bonds. The minimum Gasteiger partial charge on any atom is -0.396 e. The zero-order valence-electron chi connectivity index (χ0n) is 22.3. The number of hydrogen-bond donors (Lipinski definition) is 2. The van der Waals surface area contributed by atoms with E-state index in [4.69, 9.17) is 4.74 Å². The summed E-state index contributed by atoms with van der Waals surface area (Å²) < 4.78 is 6.08. The molecule has 1 aliphatic heterocycles. The Bertz CT molecular complexity index is 817. The van der Waals surface area contributed by atoms with Crippen molar-refractivity contribution >= 4 is 0 Å². The summed E-state index contributed by atoms with van der Waals surface area (Å²) in [5.74, 6) is 3.36. The van der Waals surface area contributed by atoms with Crippen LogP contribution in [-0.2, 0) is 4.74 Å². The second kappa shape index (κ2) is 6.80. The quantitative estimate of drug-likeness (QED) is 0.484. The monoisotopic (exact) mass is 458 g/mol. The van der Waals surface area contributed by atoms with Crippen molar-refractivity contribution in [3.63, 3.8) is 0 Å². The van der Waals surface area contributed by atoms with Crippen LogP contribution in [0.5, 0.6) is 0 Å². The molecule has 0 aromatic carbocycles. The first-order chi connectivity index (χ1) is 15.4. The average Bonchev–Trinajstić information content (AvgIpc) is 3.38. The summed E-state index contributed by atoms with van der Waals surface area (Å²) in [4.78, 5) is 0. The highest BCUT2D eigenvalue weighted by Crippen LogP contribution is 2.78. The lowest BCUT2D eigenvalue weighted by atomic mass is 9.32. The van der Waals surface area contributed by atoms with E-state index >= 15 is 0 Å². The van der Waals surface area contributed by atoms with E-state index in [1.54, 1.807) is 0 Å². The molecule has 1 heterocycles. The number of ether oxygens (including phenoxy) is 1. The van der Waals surface area contributed by atoms with E-state index in [0.717, 1.165) is 24.9 Å². The predicted molar refractivity (Wildman–Crippen MR) is 132 cm³/mol. The van der Waals surface area contributed by atoms with E-state index in [-0.39, 0.29) is 22.5 Å². The Hall–Kier alpha value is -0.120. The first-order valence-corrected chi connectivity index (χ1v) is 14.3. The van der Waals surface area contributed by atoms with E-state index in [1.807, 2.05) is 0 Å². The molecule has 5 aliphatic carbocycles. The van der Waals surface area contributed by atoms with Gasteiger partial charge in [-0.3, -0.25) is 0 Å². The molecular formula is C30H50O3. The van der Waals surface area contributed by atoms with Gasteiger partial charge in [0.2, 0.25) is 0 Å². The molecule has 11 atom stereocenters. The molecule has 5 saturated carbocycles. The van der Waals surface area contributed by atoms with Crippen molar-refractivity contribution in [3.05, 3.63) is 0 Å². The summed E-state index contributed by atoms with van der Waals surface area (Å²) in [5, 5.41) is 21.7. The van der Waals surface area contributed by atoms with Crippen LogP contribution in [0.3, 0.4) is 0 Å². The van der Waals surface area contributed by atoms with E-state index in [9.17, 15) is 10.2 Å². The van der Waals surface area contributed by atoms with Gasteiger partial charge in [-0.25, -0.2) is 0 Å². The van der Waals surface area contributed by atoms with E-state index in [0.29, 0.717) is 40.6 Å². The topological polar surface area (TPSA) is 53.0 Å². The van der Waals surface area contributed by atoms with Crippen LogP contribution in [0.2, 0.25) is 0 Å². The summed E-state index contributed by atoms with van der Waals surface area (Å²) in [6.45, 7) is 16.4. The van der Waals surface area contributed by atoms with Gasteiger partial charge in [0.05, 0.1) is 18.3 Å². The smallest absolute Gasteiger partial charge is 0.0919 e. The molecule has 0 radical (unpaired) electrons. The predicted octanol–water partition coefficient (Wildman–Crippen LogP) is 6.21. The lowest BCUT2D eigenvalue weighted by Gasteiger charge is -2.73. The normalized spacial score (nSPS) is 61.5.